The first-order valence-electron chi connectivity index (χ1n) is 8.63. The minimum absolute atomic E-state index is 0.997. The van der Waals surface area contributed by atoms with E-state index < -0.39 is 0 Å². The molecule has 0 spiro atoms. The molecule has 0 unspecified atom stereocenters. The summed E-state index contributed by atoms with van der Waals surface area (Å²) in [4.78, 5) is 4.96. The van der Waals surface area contributed by atoms with E-state index >= 15 is 0 Å². The molecule has 0 saturated carbocycles. The van der Waals surface area contributed by atoms with Crippen molar-refractivity contribution in [3.05, 3.63) is 65.7 Å². The van der Waals surface area contributed by atoms with Crippen molar-refractivity contribution >= 4 is 11.9 Å². The maximum Gasteiger partial charge on any atom is 0.0561 e. The van der Waals surface area contributed by atoms with Crippen LogP contribution in [0.3, 0.4) is 0 Å². The molecule has 1 fully saturated rings. The van der Waals surface area contributed by atoms with Gasteiger partial charge in [-0.05, 0) is 49.8 Å². The van der Waals surface area contributed by atoms with Gasteiger partial charge in [0.2, 0.25) is 0 Å². The Kier molecular flexibility index (Phi) is 5.99. The summed E-state index contributed by atoms with van der Waals surface area (Å²) in [5, 5.41) is 4.29. The van der Waals surface area contributed by atoms with Gasteiger partial charge in [-0.3, -0.25) is 10.3 Å². The highest BCUT2D eigenvalue weighted by molar-refractivity contribution is 5.80. The lowest BCUT2D eigenvalue weighted by atomic mass is 10.1. The van der Waals surface area contributed by atoms with Gasteiger partial charge >= 0.3 is 0 Å². The fraction of sp³-hybridized carbons (Fsp3) is 0.350. The van der Waals surface area contributed by atoms with Gasteiger partial charge in [0.15, 0.2) is 0 Å². The van der Waals surface area contributed by atoms with Crippen LogP contribution >= 0.6 is 0 Å². The fourth-order valence-electron chi connectivity index (χ4n) is 2.92. The number of hydrazone groups is 1. The second kappa shape index (κ2) is 8.62. The molecule has 1 aliphatic heterocycles. The monoisotopic (exact) mass is 322 g/mol. The van der Waals surface area contributed by atoms with Gasteiger partial charge in [0, 0.05) is 19.6 Å². The lowest BCUT2D eigenvalue weighted by Gasteiger charge is -2.20. The predicted octanol–water partition coefficient (Wildman–Crippen LogP) is 3.27. The van der Waals surface area contributed by atoms with Crippen molar-refractivity contribution in [3.8, 4) is 0 Å². The summed E-state index contributed by atoms with van der Waals surface area (Å²) in [5.41, 5.74) is 6.52. The fourth-order valence-corrected chi connectivity index (χ4v) is 2.92. The van der Waals surface area contributed by atoms with E-state index in [0.717, 1.165) is 30.9 Å². The van der Waals surface area contributed by atoms with Gasteiger partial charge in [-0.2, -0.15) is 5.10 Å². The van der Waals surface area contributed by atoms with Crippen molar-refractivity contribution in [2.75, 3.05) is 38.7 Å². The Bertz CT molecular complexity index is 636. The Morgan fingerprint density at radius 2 is 1.75 bits per heavy atom. The molecule has 4 nitrogen and oxygen atoms in total. The van der Waals surface area contributed by atoms with E-state index in [2.05, 4.69) is 51.6 Å². The predicted molar refractivity (Wildman–Crippen MR) is 101 cm³/mol. The summed E-state index contributed by atoms with van der Waals surface area (Å²) in [7, 11) is 2.21. The summed E-state index contributed by atoms with van der Waals surface area (Å²) < 4.78 is 0. The maximum absolute atomic E-state index is 4.29. The molecule has 0 bridgehead atoms. The number of hydrogen-bond donors (Lipinski definition) is 1. The second-order valence-corrected chi connectivity index (χ2v) is 6.41. The van der Waals surface area contributed by atoms with Gasteiger partial charge in [-0.25, -0.2) is 0 Å². The zero-order valence-electron chi connectivity index (χ0n) is 14.4. The third-order valence-corrected chi connectivity index (χ3v) is 4.38. The van der Waals surface area contributed by atoms with Gasteiger partial charge in [0.05, 0.1) is 11.9 Å². The third-order valence-electron chi connectivity index (χ3n) is 4.38. The molecule has 126 valence electrons. The average Bonchev–Trinajstić information content (AvgIpc) is 2.82. The van der Waals surface area contributed by atoms with Crippen LogP contribution in [0.2, 0.25) is 0 Å². The maximum atomic E-state index is 4.29. The number of para-hydroxylation sites is 1. The highest BCUT2D eigenvalue weighted by Crippen LogP contribution is 2.10. The van der Waals surface area contributed by atoms with Gasteiger partial charge < -0.3 is 4.90 Å². The zero-order chi connectivity index (χ0) is 16.6. The SMILES string of the molecule is CN1CCCN(Cc2ccc(C=NNc3ccccc3)cc2)CC1. The van der Waals surface area contributed by atoms with Crippen molar-refractivity contribution in [1.82, 2.24) is 9.80 Å². The Hall–Kier alpha value is -2.17. The zero-order valence-corrected chi connectivity index (χ0v) is 14.4. The van der Waals surface area contributed by atoms with Crippen molar-refractivity contribution in [3.63, 3.8) is 0 Å². The van der Waals surface area contributed by atoms with Crippen molar-refractivity contribution < 1.29 is 0 Å². The molecule has 1 heterocycles. The first-order valence-corrected chi connectivity index (χ1v) is 8.63. The number of rotatable bonds is 5. The van der Waals surface area contributed by atoms with Crippen molar-refractivity contribution in [2.24, 2.45) is 5.10 Å². The quantitative estimate of drug-likeness (QED) is 0.677. The van der Waals surface area contributed by atoms with Crippen LogP contribution in [0.1, 0.15) is 17.5 Å². The molecule has 0 amide bonds. The Morgan fingerprint density at radius 1 is 0.958 bits per heavy atom. The van der Waals surface area contributed by atoms with Crippen LogP contribution in [-0.2, 0) is 6.54 Å². The molecule has 2 aromatic rings. The number of nitrogens with one attached hydrogen (secondary N) is 1. The van der Waals surface area contributed by atoms with E-state index in [1.54, 1.807) is 0 Å². The molecule has 2 aromatic carbocycles. The van der Waals surface area contributed by atoms with Crippen LogP contribution in [0, 0.1) is 0 Å². The first-order chi connectivity index (χ1) is 11.8. The van der Waals surface area contributed by atoms with Gasteiger partial charge in [-0.15, -0.1) is 0 Å². The summed E-state index contributed by atoms with van der Waals surface area (Å²) in [6.07, 6.45) is 3.12. The Balaban J connectivity index is 1.51. The van der Waals surface area contributed by atoms with Crippen LogP contribution in [0.25, 0.3) is 0 Å². The van der Waals surface area contributed by atoms with E-state index in [1.165, 1.54) is 25.1 Å². The normalized spacial score (nSPS) is 17.0. The van der Waals surface area contributed by atoms with E-state index in [0.29, 0.717) is 0 Å². The molecule has 1 saturated heterocycles. The van der Waals surface area contributed by atoms with Crippen LogP contribution in [0.15, 0.2) is 59.7 Å². The number of anilines is 1. The van der Waals surface area contributed by atoms with Crippen molar-refractivity contribution in [2.45, 2.75) is 13.0 Å². The molecule has 4 heteroatoms. The minimum Gasteiger partial charge on any atom is -0.305 e. The van der Waals surface area contributed by atoms with Crippen molar-refractivity contribution in [1.29, 1.82) is 0 Å². The molecule has 0 radical (unpaired) electrons. The summed E-state index contributed by atoms with van der Waals surface area (Å²) in [5.74, 6) is 0. The largest absolute Gasteiger partial charge is 0.305 e. The molecule has 0 atom stereocenters. The Labute approximate surface area is 144 Å². The smallest absolute Gasteiger partial charge is 0.0561 e. The first kappa shape index (κ1) is 16.7. The van der Waals surface area contributed by atoms with E-state index in [4.69, 9.17) is 0 Å². The molecular weight excluding hydrogens is 296 g/mol. The lowest BCUT2D eigenvalue weighted by Crippen LogP contribution is -2.28. The van der Waals surface area contributed by atoms with Crippen LogP contribution in [0.5, 0.6) is 0 Å². The molecule has 1 aliphatic rings. The van der Waals surface area contributed by atoms with Gasteiger partial charge in [0.25, 0.3) is 0 Å². The number of benzene rings is 2. The molecule has 0 aromatic heterocycles. The minimum atomic E-state index is 0.997. The Morgan fingerprint density at radius 3 is 2.54 bits per heavy atom. The summed E-state index contributed by atoms with van der Waals surface area (Å²) in [6.45, 7) is 5.75. The average molecular weight is 322 g/mol. The number of likely N-dealkylation sites (N-methyl/N-ethyl adjacent to an activating group) is 1. The third kappa shape index (κ3) is 5.18. The highest BCUT2D eigenvalue weighted by Gasteiger charge is 2.11. The molecule has 1 N–H and O–H groups in total. The number of hydrogen-bond acceptors (Lipinski definition) is 4. The number of nitrogens with zero attached hydrogens (tertiary/aromatic N) is 3. The van der Waals surface area contributed by atoms with Crippen LogP contribution in [0.4, 0.5) is 5.69 Å². The van der Waals surface area contributed by atoms with E-state index in [1.807, 2.05) is 36.5 Å². The summed E-state index contributed by atoms with van der Waals surface area (Å²) in [6, 6.07) is 18.7. The topological polar surface area (TPSA) is 30.9 Å². The molecule has 0 aliphatic carbocycles. The van der Waals surface area contributed by atoms with E-state index in [-0.39, 0.29) is 0 Å². The summed E-state index contributed by atoms with van der Waals surface area (Å²) >= 11 is 0. The second-order valence-electron chi connectivity index (χ2n) is 6.41. The molecular formula is C20H26N4. The standard InChI is InChI=1S/C20H26N4/c1-23-12-5-13-24(15-14-23)17-19-10-8-18(9-11-19)16-21-22-20-6-3-2-4-7-20/h2-4,6-11,16,22H,5,12-15,17H2,1H3. The van der Waals surface area contributed by atoms with Gasteiger partial charge in [0.1, 0.15) is 0 Å². The lowest BCUT2D eigenvalue weighted by molar-refractivity contribution is 0.269. The van der Waals surface area contributed by atoms with E-state index in [9.17, 15) is 0 Å². The highest BCUT2D eigenvalue weighted by atomic mass is 15.3. The molecule has 3 rings (SSSR count). The van der Waals surface area contributed by atoms with Crippen LogP contribution in [-0.4, -0.2) is 49.2 Å². The van der Waals surface area contributed by atoms with Crippen LogP contribution < -0.4 is 5.43 Å². The molecule has 24 heavy (non-hydrogen) atoms. The van der Waals surface area contributed by atoms with Gasteiger partial charge in [-0.1, -0.05) is 42.5 Å².